The van der Waals surface area contributed by atoms with E-state index in [1.165, 1.54) is 30.6 Å². The lowest BCUT2D eigenvalue weighted by atomic mass is 10.1. The molecule has 0 aliphatic carbocycles. The number of aromatic nitrogens is 1. The van der Waals surface area contributed by atoms with Gasteiger partial charge in [-0.2, -0.15) is 0 Å². The van der Waals surface area contributed by atoms with Gasteiger partial charge in [-0.15, -0.1) is 0 Å². The molecular weight excluding hydrogens is 338 g/mol. The fourth-order valence-corrected chi connectivity index (χ4v) is 3.07. The largest absolute Gasteiger partial charge is 0.478 e. The van der Waals surface area contributed by atoms with Crippen LogP contribution in [-0.2, 0) is 4.74 Å². The first-order valence-electron chi connectivity index (χ1n) is 9.06. The Morgan fingerprint density at radius 1 is 1.44 bits per heavy atom. The maximum absolute atomic E-state index is 12.1. The normalized spacial score (nSPS) is 16.4. The first-order chi connectivity index (χ1) is 12.1. The molecule has 0 spiro atoms. The molecule has 2 rings (SSSR count). The monoisotopic (exact) mass is 367 g/mol. The van der Waals surface area contributed by atoms with E-state index < -0.39 is 0 Å². The predicted molar refractivity (Wildman–Crippen MR) is 99.7 cm³/mol. The molecule has 140 valence electrons. The highest BCUT2D eigenvalue weighted by Gasteiger charge is 2.20. The Morgan fingerprint density at radius 2 is 2.24 bits per heavy atom. The SMILES string of the molecule is CCCCCCCNC(=O)c1cnc(OC=C2CN(C(C)C)CO2)s1. The number of carbonyl (C=O) groups excluding carboxylic acids is 1. The van der Waals surface area contributed by atoms with Crippen LogP contribution < -0.4 is 10.1 Å². The topological polar surface area (TPSA) is 63.7 Å². The molecule has 1 N–H and O–H groups in total. The van der Waals surface area contributed by atoms with E-state index in [2.05, 4.69) is 36.0 Å². The molecule has 1 aliphatic rings. The summed E-state index contributed by atoms with van der Waals surface area (Å²) in [5.74, 6) is 0.695. The van der Waals surface area contributed by atoms with Gasteiger partial charge < -0.3 is 14.8 Å². The number of nitrogens with zero attached hydrogens (tertiary/aromatic N) is 2. The molecule has 0 saturated carbocycles. The zero-order chi connectivity index (χ0) is 18.1. The summed E-state index contributed by atoms with van der Waals surface area (Å²) < 4.78 is 11.1. The van der Waals surface area contributed by atoms with Crippen LogP contribution in [0.15, 0.2) is 18.2 Å². The van der Waals surface area contributed by atoms with Crippen LogP contribution in [0.4, 0.5) is 0 Å². The first kappa shape index (κ1) is 19.7. The van der Waals surface area contributed by atoms with E-state index in [1.54, 1.807) is 12.5 Å². The molecule has 1 amide bonds. The number of hydrogen-bond acceptors (Lipinski definition) is 6. The summed E-state index contributed by atoms with van der Waals surface area (Å²) in [5, 5.41) is 3.38. The Morgan fingerprint density at radius 3 is 2.96 bits per heavy atom. The van der Waals surface area contributed by atoms with E-state index in [1.807, 2.05) is 0 Å². The number of thiazole rings is 1. The Kier molecular flexibility index (Phi) is 8.21. The lowest BCUT2D eigenvalue weighted by Gasteiger charge is -2.15. The molecule has 0 aromatic carbocycles. The van der Waals surface area contributed by atoms with Crippen LogP contribution in [0.1, 0.15) is 62.5 Å². The summed E-state index contributed by atoms with van der Waals surface area (Å²) in [6.45, 7) is 8.47. The standard InChI is InChI=1S/C18H29N3O3S/c1-4-5-6-7-8-9-19-17(22)16-10-20-18(25-16)23-12-15-11-21(13-24-15)14(2)3/h10,12,14H,4-9,11,13H2,1-3H3,(H,19,22). The van der Waals surface area contributed by atoms with Crippen molar-refractivity contribution in [2.75, 3.05) is 19.8 Å². The van der Waals surface area contributed by atoms with Crippen LogP contribution in [-0.4, -0.2) is 41.7 Å². The zero-order valence-electron chi connectivity index (χ0n) is 15.4. The molecule has 1 aliphatic heterocycles. The summed E-state index contributed by atoms with van der Waals surface area (Å²) >= 11 is 1.24. The van der Waals surface area contributed by atoms with E-state index >= 15 is 0 Å². The third-order valence-corrected chi connectivity index (χ3v) is 4.96. The molecule has 1 saturated heterocycles. The van der Waals surface area contributed by atoms with Crippen molar-refractivity contribution in [2.24, 2.45) is 0 Å². The van der Waals surface area contributed by atoms with E-state index in [9.17, 15) is 4.79 Å². The summed E-state index contributed by atoms with van der Waals surface area (Å²) in [4.78, 5) is 19.0. The smallest absolute Gasteiger partial charge is 0.278 e. The lowest BCUT2D eigenvalue weighted by molar-refractivity contribution is 0.0956. The van der Waals surface area contributed by atoms with Crippen molar-refractivity contribution in [3.05, 3.63) is 23.1 Å². The number of amides is 1. The van der Waals surface area contributed by atoms with Crippen LogP contribution in [0.5, 0.6) is 5.19 Å². The number of carbonyl (C=O) groups is 1. The average Bonchev–Trinajstić information content (AvgIpc) is 3.25. The van der Waals surface area contributed by atoms with Gasteiger partial charge in [0.25, 0.3) is 11.1 Å². The maximum atomic E-state index is 12.1. The fraction of sp³-hybridized carbons (Fsp3) is 0.667. The molecule has 25 heavy (non-hydrogen) atoms. The van der Waals surface area contributed by atoms with Crippen molar-refractivity contribution >= 4 is 17.2 Å². The molecule has 0 atom stereocenters. The van der Waals surface area contributed by atoms with Gasteiger partial charge >= 0.3 is 0 Å². The van der Waals surface area contributed by atoms with Gasteiger partial charge in [0, 0.05) is 12.6 Å². The van der Waals surface area contributed by atoms with Gasteiger partial charge in [0.1, 0.15) is 23.6 Å². The molecule has 0 radical (unpaired) electrons. The van der Waals surface area contributed by atoms with Gasteiger partial charge in [0.2, 0.25) is 0 Å². The minimum absolute atomic E-state index is 0.0846. The minimum atomic E-state index is -0.0846. The number of hydrogen-bond donors (Lipinski definition) is 1. The van der Waals surface area contributed by atoms with Crippen molar-refractivity contribution in [3.8, 4) is 5.19 Å². The minimum Gasteiger partial charge on any atom is -0.478 e. The van der Waals surface area contributed by atoms with Crippen LogP contribution in [0, 0.1) is 0 Å². The first-order valence-corrected chi connectivity index (χ1v) is 9.88. The summed E-state index contributed by atoms with van der Waals surface area (Å²) in [7, 11) is 0. The number of rotatable bonds is 10. The second-order valence-electron chi connectivity index (χ2n) is 6.48. The Balaban J connectivity index is 1.71. The number of nitrogens with one attached hydrogen (secondary N) is 1. The lowest BCUT2D eigenvalue weighted by Crippen LogP contribution is -2.27. The number of ether oxygens (including phenoxy) is 2. The maximum Gasteiger partial charge on any atom is 0.278 e. The second-order valence-corrected chi connectivity index (χ2v) is 7.47. The van der Waals surface area contributed by atoms with Crippen LogP contribution in [0.3, 0.4) is 0 Å². The zero-order valence-corrected chi connectivity index (χ0v) is 16.2. The van der Waals surface area contributed by atoms with Gasteiger partial charge in [0.05, 0.1) is 12.7 Å². The molecular formula is C18H29N3O3S. The fourth-order valence-electron chi connectivity index (χ4n) is 2.41. The Hall–Kier alpha value is -1.60. The van der Waals surface area contributed by atoms with Gasteiger partial charge in [-0.3, -0.25) is 9.69 Å². The Bertz CT molecular complexity index is 572. The third kappa shape index (κ3) is 6.66. The molecule has 2 heterocycles. The van der Waals surface area contributed by atoms with Crippen molar-refractivity contribution in [1.82, 2.24) is 15.2 Å². The number of unbranched alkanes of at least 4 members (excludes halogenated alkanes) is 4. The quantitative estimate of drug-likeness (QED) is 0.504. The second kappa shape index (κ2) is 10.4. The van der Waals surface area contributed by atoms with Gasteiger partial charge in [-0.25, -0.2) is 4.98 Å². The van der Waals surface area contributed by atoms with E-state index in [0.717, 1.165) is 25.1 Å². The van der Waals surface area contributed by atoms with Crippen LogP contribution in [0.25, 0.3) is 0 Å². The highest BCUT2D eigenvalue weighted by molar-refractivity contribution is 7.15. The predicted octanol–water partition coefficient (Wildman–Crippen LogP) is 3.76. The average molecular weight is 368 g/mol. The molecule has 1 aromatic rings. The highest BCUT2D eigenvalue weighted by atomic mass is 32.1. The molecule has 6 nitrogen and oxygen atoms in total. The van der Waals surface area contributed by atoms with E-state index in [-0.39, 0.29) is 5.91 Å². The summed E-state index contributed by atoms with van der Waals surface area (Å²) in [5.41, 5.74) is 0. The Labute approximate surface area is 154 Å². The van der Waals surface area contributed by atoms with Crippen LogP contribution in [0.2, 0.25) is 0 Å². The van der Waals surface area contributed by atoms with Crippen LogP contribution >= 0.6 is 11.3 Å². The van der Waals surface area contributed by atoms with Crippen molar-refractivity contribution in [2.45, 2.75) is 58.9 Å². The van der Waals surface area contributed by atoms with Crippen molar-refractivity contribution < 1.29 is 14.3 Å². The van der Waals surface area contributed by atoms with Crippen molar-refractivity contribution in [1.29, 1.82) is 0 Å². The molecule has 1 fully saturated rings. The molecule has 7 heteroatoms. The summed E-state index contributed by atoms with van der Waals surface area (Å²) in [6, 6.07) is 0.433. The van der Waals surface area contributed by atoms with Gasteiger partial charge in [-0.1, -0.05) is 43.9 Å². The molecule has 1 aromatic heterocycles. The van der Waals surface area contributed by atoms with E-state index in [4.69, 9.17) is 9.47 Å². The summed E-state index contributed by atoms with van der Waals surface area (Å²) in [6.07, 6.45) is 9.04. The highest BCUT2D eigenvalue weighted by Crippen LogP contribution is 2.22. The van der Waals surface area contributed by atoms with Gasteiger partial charge in [0.15, 0.2) is 0 Å². The van der Waals surface area contributed by atoms with Crippen molar-refractivity contribution in [3.63, 3.8) is 0 Å². The molecule has 0 unspecified atom stereocenters. The van der Waals surface area contributed by atoms with E-state index in [0.29, 0.717) is 29.4 Å². The van der Waals surface area contributed by atoms with Gasteiger partial charge in [-0.05, 0) is 20.3 Å². The third-order valence-electron chi connectivity index (χ3n) is 4.07. The molecule has 0 bridgehead atoms.